The van der Waals surface area contributed by atoms with Crippen molar-refractivity contribution in [3.05, 3.63) is 48.2 Å². The molecule has 1 aliphatic heterocycles. The normalized spacial score (nSPS) is 17.1. The number of amides is 1. The van der Waals surface area contributed by atoms with Gasteiger partial charge in [0.2, 0.25) is 11.8 Å². The number of para-hydroxylation sites is 2. The molecule has 0 bridgehead atoms. The largest absolute Gasteiger partial charge is 0.489 e. The molecule has 0 radical (unpaired) electrons. The lowest BCUT2D eigenvalue weighted by Gasteiger charge is -2.27. The molecule has 31 heavy (non-hydrogen) atoms. The van der Waals surface area contributed by atoms with Gasteiger partial charge in [-0.25, -0.2) is 4.98 Å². The van der Waals surface area contributed by atoms with Crippen LogP contribution < -0.4 is 14.8 Å². The molecule has 2 aromatic rings. The van der Waals surface area contributed by atoms with Gasteiger partial charge in [0, 0.05) is 24.8 Å². The van der Waals surface area contributed by atoms with E-state index < -0.39 is 0 Å². The van der Waals surface area contributed by atoms with Gasteiger partial charge < -0.3 is 14.8 Å². The van der Waals surface area contributed by atoms with Crippen molar-refractivity contribution in [3.63, 3.8) is 0 Å². The number of rotatable bonds is 4. The van der Waals surface area contributed by atoms with Crippen molar-refractivity contribution < 1.29 is 14.3 Å². The first-order chi connectivity index (χ1) is 14.8. The highest BCUT2D eigenvalue weighted by Crippen LogP contribution is 2.34. The van der Waals surface area contributed by atoms with Gasteiger partial charge in [0.05, 0.1) is 13.2 Å². The molecule has 0 saturated carbocycles. The Labute approximate surface area is 186 Å². The molecule has 6 nitrogen and oxygen atoms in total. The highest BCUT2D eigenvalue weighted by molar-refractivity contribution is 5.78. The molecule has 0 fully saturated rings. The van der Waals surface area contributed by atoms with Gasteiger partial charge in [0.25, 0.3) is 0 Å². The molecule has 1 aromatic carbocycles. The number of nitrogens with zero attached hydrogens (tertiary/aromatic N) is 2. The summed E-state index contributed by atoms with van der Waals surface area (Å²) in [6.45, 7) is 11.7. The monoisotopic (exact) mass is 425 g/mol. The lowest BCUT2D eigenvalue weighted by Crippen LogP contribution is -2.39. The van der Waals surface area contributed by atoms with E-state index in [2.05, 4.69) is 42.9 Å². The van der Waals surface area contributed by atoms with Gasteiger partial charge in [-0.15, -0.1) is 0 Å². The van der Waals surface area contributed by atoms with E-state index in [1.54, 1.807) is 6.20 Å². The molecule has 1 aromatic heterocycles. The zero-order valence-electron chi connectivity index (χ0n) is 19.2. The second-order valence-electron chi connectivity index (χ2n) is 9.48. The Morgan fingerprint density at radius 1 is 1.19 bits per heavy atom. The van der Waals surface area contributed by atoms with Crippen LogP contribution in [-0.4, -0.2) is 42.0 Å². The molecule has 2 heterocycles. The third-order valence-corrected chi connectivity index (χ3v) is 5.32. The molecule has 1 N–H and O–H groups in total. The first-order valence-electron chi connectivity index (χ1n) is 11.1. The Morgan fingerprint density at radius 2 is 1.97 bits per heavy atom. The van der Waals surface area contributed by atoms with E-state index in [4.69, 9.17) is 9.47 Å². The van der Waals surface area contributed by atoms with Gasteiger partial charge in [0.1, 0.15) is 0 Å². The minimum absolute atomic E-state index is 0.0117. The van der Waals surface area contributed by atoms with Crippen molar-refractivity contribution >= 4 is 5.91 Å². The highest BCUT2D eigenvalue weighted by Gasteiger charge is 2.23. The zero-order chi connectivity index (χ0) is 22.3. The zero-order valence-corrected chi connectivity index (χ0v) is 19.2. The second-order valence-corrected chi connectivity index (χ2v) is 9.48. The van der Waals surface area contributed by atoms with Crippen LogP contribution in [0.15, 0.2) is 42.6 Å². The van der Waals surface area contributed by atoms with Gasteiger partial charge in [-0.05, 0) is 48.9 Å². The molecule has 1 amide bonds. The Kier molecular flexibility index (Phi) is 7.91. The summed E-state index contributed by atoms with van der Waals surface area (Å²) in [5.41, 5.74) is 0.963. The van der Waals surface area contributed by atoms with E-state index in [1.165, 1.54) is 0 Å². The van der Waals surface area contributed by atoms with Crippen molar-refractivity contribution in [1.82, 2.24) is 15.2 Å². The van der Waals surface area contributed by atoms with Crippen molar-refractivity contribution in [3.8, 4) is 17.4 Å². The predicted molar refractivity (Wildman–Crippen MR) is 122 cm³/mol. The van der Waals surface area contributed by atoms with E-state index >= 15 is 0 Å². The van der Waals surface area contributed by atoms with E-state index in [0.29, 0.717) is 43.8 Å². The molecular weight excluding hydrogens is 390 g/mol. The molecule has 1 aliphatic rings. The summed E-state index contributed by atoms with van der Waals surface area (Å²) in [5.74, 6) is 2.40. The smallest absolute Gasteiger partial charge is 0.234 e. The van der Waals surface area contributed by atoms with Gasteiger partial charge in [-0.3, -0.25) is 9.69 Å². The third kappa shape index (κ3) is 7.24. The Bertz CT molecular complexity index is 867. The molecule has 0 aliphatic carbocycles. The van der Waals surface area contributed by atoms with Crippen molar-refractivity contribution in [2.75, 3.05) is 26.2 Å². The number of benzene rings is 1. The third-order valence-electron chi connectivity index (χ3n) is 5.32. The summed E-state index contributed by atoms with van der Waals surface area (Å²) in [5, 5.41) is 3.03. The summed E-state index contributed by atoms with van der Waals surface area (Å²) in [7, 11) is 0. The van der Waals surface area contributed by atoms with Gasteiger partial charge >= 0.3 is 0 Å². The summed E-state index contributed by atoms with van der Waals surface area (Å²) < 4.78 is 12.3. The maximum Gasteiger partial charge on any atom is 0.234 e. The Morgan fingerprint density at radius 3 is 2.74 bits per heavy atom. The Hall–Kier alpha value is -2.60. The van der Waals surface area contributed by atoms with Gasteiger partial charge in [0.15, 0.2) is 11.5 Å². The molecule has 0 unspecified atom stereocenters. The first kappa shape index (κ1) is 23.1. The fraction of sp³-hybridized carbons (Fsp3) is 0.520. The van der Waals surface area contributed by atoms with Crippen LogP contribution in [0.1, 0.15) is 46.1 Å². The number of ether oxygens (including phenoxy) is 2. The van der Waals surface area contributed by atoms with E-state index in [0.717, 1.165) is 30.7 Å². The summed E-state index contributed by atoms with van der Waals surface area (Å²) in [6.07, 6.45) is 3.70. The van der Waals surface area contributed by atoms with Gasteiger partial charge in [-0.2, -0.15) is 0 Å². The molecule has 0 spiro atoms. The fourth-order valence-corrected chi connectivity index (χ4v) is 3.55. The van der Waals surface area contributed by atoms with Crippen molar-refractivity contribution in [1.29, 1.82) is 0 Å². The second kappa shape index (κ2) is 10.6. The molecule has 3 rings (SSSR count). The quantitative estimate of drug-likeness (QED) is 0.773. The van der Waals surface area contributed by atoms with Crippen LogP contribution in [0, 0.1) is 11.3 Å². The average Bonchev–Trinajstić information content (AvgIpc) is 2.73. The molecule has 0 atom stereocenters. The summed E-state index contributed by atoms with van der Waals surface area (Å²) in [6, 6.07) is 11.6. The number of hydrogen-bond acceptors (Lipinski definition) is 5. The minimum atomic E-state index is 0.0117. The number of carbonyl (C=O) groups excluding carboxylic acids is 1. The minimum Gasteiger partial charge on any atom is -0.489 e. The number of hydrogen-bond donors (Lipinski definition) is 1. The maximum atomic E-state index is 12.5. The van der Waals surface area contributed by atoms with Crippen LogP contribution in [0.5, 0.6) is 17.4 Å². The highest BCUT2D eigenvalue weighted by atomic mass is 16.5. The van der Waals surface area contributed by atoms with Crippen LogP contribution in [-0.2, 0) is 11.3 Å². The van der Waals surface area contributed by atoms with Crippen LogP contribution >= 0.6 is 0 Å². The molecular formula is C25H35N3O3. The first-order valence-corrected chi connectivity index (χ1v) is 11.1. The number of aromatic nitrogens is 1. The van der Waals surface area contributed by atoms with Crippen molar-refractivity contribution in [2.24, 2.45) is 11.3 Å². The standard InChI is InChI=1S/C25H35N3O3/c1-19(2)15-27-23(29)17-28-14-8-12-25(3,4)18-30-21-10-5-6-11-22(21)31-24-20(16-28)9-7-13-26-24/h5-7,9-11,13,19H,8,12,14-18H2,1-4H3,(H,27,29). The van der Waals surface area contributed by atoms with Crippen LogP contribution in [0.4, 0.5) is 0 Å². The SMILES string of the molecule is CC(C)CNC(=O)CN1CCCC(C)(C)COc2ccccc2Oc2ncccc2C1. The lowest BCUT2D eigenvalue weighted by atomic mass is 9.88. The predicted octanol–water partition coefficient (Wildman–Crippen LogP) is 4.65. The number of carbonyl (C=O) groups is 1. The summed E-state index contributed by atoms with van der Waals surface area (Å²) in [4.78, 5) is 19.2. The van der Waals surface area contributed by atoms with Crippen LogP contribution in [0.25, 0.3) is 0 Å². The van der Waals surface area contributed by atoms with Crippen LogP contribution in [0.2, 0.25) is 0 Å². The maximum absolute atomic E-state index is 12.5. The fourth-order valence-electron chi connectivity index (χ4n) is 3.55. The average molecular weight is 426 g/mol. The number of pyridine rings is 1. The molecule has 168 valence electrons. The van der Waals surface area contributed by atoms with Crippen LogP contribution in [0.3, 0.4) is 0 Å². The molecule has 6 heteroatoms. The topological polar surface area (TPSA) is 63.7 Å². The van der Waals surface area contributed by atoms with E-state index in [9.17, 15) is 4.79 Å². The van der Waals surface area contributed by atoms with E-state index in [1.807, 2.05) is 36.4 Å². The number of nitrogens with one attached hydrogen (secondary N) is 1. The number of fused-ring (bicyclic) bond motifs is 2. The van der Waals surface area contributed by atoms with Gasteiger partial charge in [-0.1, -0.05) is 45.9 Å². The molecule has 0 saturated heterocycles. The van der Waals surface area contributed by atoms with Crippen molar-refractivity contribution in [2.45, 2.75) is 47.1 Å². The Balaban J connectivity index is 1.85. The summed E-state index contributed by atoms with van der Waals surface area (Å²) >= 11 is 0. The lowest BCUT2D eigenvalue weighted by molar-refractivity contribution is -0.122. The van der Waals surface area contributed by atoms with E-state index in [-0.39, 0.29) is 11.3 Å².